The highest BCUT2D eigenvalue weighted by atomic mass is 16.7. The predicted molar refractivity (Wildman–Crippen MR) is 44.3 cm³/mol. The summed E-state index contributed by atoms with van der Waals surface area (Å²) in [6.07, 6.45) is 0.418. The Morgan fingerprint density at radius 2 is 1.92 bits per heavy atom. The molecule has 0 aromatic carbocycles. The second kappa shape index (κ2) is 5.71. The maximum atomic E-state index is 10.6. The number of carbonyl (C=O) groups is 2. The summed E-state index contributed by atoms with van der Waals surface area (Å²) in [4.78, 5) is 25.9. The van der Waals surface area contributed by atoms with Gasteiger partial charge >= 0.3 is 5.97 Å². The highest BCUT2D eigenvalue weighted by molar-refractivity contribution is 5.75. The molecule has 0 aliphatic carbocycles. The Morgan fingerprint density at radius 1 is 1.33 bits per heavy atom. The van der Waals surface area contributed by atoms with E-state index in [2.05, 4.69) is 0 Å². The molecule has 0 bridgehead atoms. The van der Waals surface area contributed by atoms with Crippen LogP contribution in [0.15, 0.2) is 0 Å². The van der Waals surface area contributed by atoms with Gasteiger partial charge in [-0.15, -0.1) is 5.06 Å². The standard InChI is InChI=1S/C8H15NO3/c1-4-9(12-8(3)11)6-5-7(2)10/h4-6H2,1-3H3. The summed E-state index contributed by atoms with van der Waals surface area (Å²) < 4.78 is 0. The van der Waals surface area contributed by atoms with Crippen LogP contribution in [0.5, 0.6) is 0 Å². The molecule has 0 N–H and O–H groups in total. The van der Waals surface area contributed by atoms with Crippen molar-refractivity contribution in [1.82, 2.24) is 5.06 Å². The Hall–Kier alpha value is -0.900. The van der Waals surface area contributed by atoms with Crippen molar-refractivity contribution in [3.63, 3.8) is 0 Å². The van der Waals surface area contributed by atoms with Crippen LogP contribution >= 0.6 is 0 Å². The maximum absolute atomic E-state index is 10.6. The van der Waals surface area contributed by atoms with Crippen LogP contribution in [-0.2, 0) is 14.4 Å². The average Bonchev–Trinajstić information content (AvgIpc) is 1.97. The summed E-state index contributed by atoms with van der Waals surface area (Å²) in [5.74, 6) is -0.249. The molecule has 0 radical (unpaired) electrons. The van der Waals surface area contributed by atoms with Crippen molar-refractivity contribution in [3.05, 3.63) is 0 Å². The molecule has 4 nitrogen and oxygen atoms in total. The fourth-order valence-electron chi connectivity index (χ4n) is 0.732. The third-order valence-corrected chi connectivity index (χ3v) is 1.32. The lowest BCUT2D eigenvalue weighted by Gasteiger charge is -2.17. The first kappa shape index (κ1) is 11.1. The van der Waals surface area contributed by atoms with Crippen LogP contribution in [0.4, 0.5) is 0 Å². The molecule has 0 amide bonds. The number of hydrogen-bond donors (Lipinski definition) is 0. The van der Waals surface area contributed by atoms with E-state index in [1.54, 1.807) is 0 Å². The first-order chi connectivity index (χ1) is 5.56. The fraction of sp³-hybridized carbons (Fsp3) is 0.750. The van der Waals surface area contributed by atoms with Gasteiger partial charge in [0.2, 0.25) is 0 Å². The summed E-state index contributed by atoms with van der Waals surface area (Å²) in [7, 11) is 0. The molecule has 70 valence electrons. The van der Waals surface area contributed by atoms with Gasteiger partial charge in [0.1, 0.15) is 5.78 Å². The second-order valence-corrected chi connectivity index (χ2v) is 2.56. The van der Waals surface area contributed by atoms with Crippen LogP contribution < -0.4 is 0 Å². The Labute approximate surface area is 72.4 Å². The SMILES string of the molecule is CCN(CCC(C)=O)OC(C)=O. The van der Waals surface area contributed by atoms with Gasteiger partial charge in [0.15, 0.2) is 0 Å². The second-order valence-electron chi connectivity index (χ2n) is 2.56. The minimum absolute atomic E-state index is 0.0978. The number of rotatable bonds is 5. The van der Waals surface area contributed by atoms with Crippen molar-refractivity contribution in [2.45, 2.75) is 27.2 Å². The predicted octanol–water partition coefficient (Wildman–Crippen LogP) is 0.766. The van der Waals surface area contributed by atoms with E-state index in [0.29, 0.717) is 19.5 Å². The molecule has 0 aromatic rings. The van der Waals surface area contributed by atoms with Gasteiger partial charge in [-0.1, -0.05) is 0 Å². The highest BCUT2D eigenvalue weighted by Crippen LogP contribution is 1.94. The number of nitrogens with zero attached hydrogens (tertiary/aromatic N) is 1. The normalized spacial score (nSPS) is 10.0. The van der Waals surface area contributed by atoms with E-state index in [4.69, 9.17) is 4.84 Å². The third-order valence-electron chi connectivity index (χ3n) is 1.32. The molecule has 0 spiro atoms. The Bertz CT molecular complexity index is 168. The quantitative estimate of drug-likeness (QED) is 0.576. The smallest absolute Gasteiger partial charge is 0.322 e. The molecule has 0 saturated carbocycles. The van der Waals surface area contributed by atoms with Crippen molar-refractivity contribution >= 4 is 11.8 Å². The average molecular weight is 173 g/mol. The number of hydroxylamine groups is 2. The van der Waals surface area contributed by atoms with Crippen molar-refractivity contribution < 1.29 is 14.4 Å². The zero-order valence-electron chi connectivity index (χ0n) is 7.79. The molecule has 0 rings (SSSR count). The monoisotopic (exact) mass is 173 g/mol. The summed E-state index contributed by atoms with van der Waals surface area (Å²) in [5.41, 5.74) is 0. The Morgan fingerprint density at radius 3 is 2.25 bits per heavy atom. The van der Waals surface area contributed by atoms with Crippen molar-refractivity contribution in [3.8, 4) is 0 Å². The molecule has 0 heterocycles. The summed E-state index contributed by atoms with van der Waals surface area (Å²) in [5, 5.41) is 1.48. The molecule has 4 heteroatoms. The maximum Gasteiger partial charge on any atom is 0.322 e. The third kappa shape index (κ3) is 5.85. The molecule has 12 heavy (non-hydrogen) atoms. The molecule has 0 aliphatic heterocycles. The molecule has 0 aromatic heterocycles. The minimum Gasteiger partial charge on any atom is -0.368 e. The summed E-state index contributed by atoms with van der Waals surface area (Å²) in [6, 6.07) is 0. The van der Waals surface area contributed by atoms with E-state index < -0.39 is 0 Å². The zero-order valence-corrected chi connectivity index (χ0v) is 7.79. The summed E-state index contributed by atoms with van der Waals surface area (Å²) in [6.45, 7) is 5.80. The molecule has 0 atom stereocenters. The van der Waals surface area contributed by atoms with Crippen LogP contribution in [0.25, 0.3) is 0 Å². The van der Waals surface area contributed by atoms with Gasteiger partial charge in [0.25, 0.3) is 0 Å². The fourth-order valence-corrected chi connectivity index (χ4v) is 0.732. The number of ketones is 1. The van der Waals surface area contributed by atoms with Gasteiger partial charge in [0, 0.05) is 26.4 Å². The Balaban J connectivity index is 3.67. The van der Waals surface area contributed by atoms with Gasteiger partial charge in [-0.25, -0.2) is 0 Å². The van der Waals surface area contributed by atoms with Crippen LogP contribution in [0, 0.1) is 0 Å². The molecule has 0 aliphatic rings. The van der Waals surface area contributed by atoms with Crippen LogP contribution in [0.2, 0.25) is 0 Å². The summed E-state index contributed by atoms with van der Waals surface area (Å²) >= 11 is 0. The zero-order chi connectivity index (χ0) is 9.56. The number of carbonyl (C=O) groups excluding carboxylic acids is 2. The molecule has 0 unspecified atom stereocenters. The lowest BCUT2D eigenvalue weighted by atomic mass is 10.3. The van der Waals surface area contributed by atoms with Gasteiger partial charge < -0.3 is 4.84 Å². The number of hydrogen-bond acceptors (Lipinski definition) is 4. The van der Waals surface area contributed by atoms with Crippen molar-refractivity contribution in [1.29, 1.82) is 0 Å². The first-order valence-corrected chi connectivity index (χ1v) is 3.99. The minimum atomic E-state index is -0.347. The lowest BCUT2D eigenvalue weighted by Crippen LogP contribution is -2.28. The van der Waals surface area contributed by atoms with Gasteiger partial charge in [0.05, 0.1) is 0 Å². The molecular formula is C8H15NO3. The topological polar surface area (TPSA) is 46.6 Å². The van der Waals surface area contributed by atoms with Crippen molar-refractivity contribution in [2.75, 3.05) is 13.1 Å². The van der Waals surface area contributed by atoms with Gasteiger partial charge in [-0.2, -0.15) is 0 Å². The molecule has 0 fully saturated rings. The van der Waals surface area contributed by atoms with E-state index in [1.807, 2.05) is 6.92 Å². The van der Waals surface area contributed by atoms with E-state index in [9.17, 15) is 9.59 Å². The van der Waals surface area contributed by atoms with E-state index in [-0.39, 0.29) is 11.8 Å². The largest absolute Gasteiger partial charge is 0.368 e. The molecule has 0 saturated heterocycles. The van der Waals surface area contributed by atoms with Gasteiger partial charge in [-0.05, 0) is 13.8 Å². The van der Waals surface area contributed by atoms with Crippen LogP contribution in [0.1, 0.15) is 27.2 Å². The van der Waals surface area contributed by atoms with Crippen LogP contribution in [-0.4, -0.2) is 29.9 Å². The van der Waals surface area contributed by atoms with Crippen LogP contribution in [0.3, 0.4) is 0 Å². The Kier molecular flexibility index (Phi) is 5.28. The highest BCUT2D eigenvalue weighted by Gasteiger charge is 2.06. The first-order valence-electron chi connectivity index (χ1n) is 3.99. The number of Topliss-reactive ketones (excluding diaryl/α,β-unsaturated/α-hetero) is 1. The molecular weight excluding hydrogens is 158 g/mol. The van der Waals surface area contributed by atoms with Gasteiger partial charge in [-0.3, -0.25) is 9.59 Å². The van der Waals surface area contributed by atoms with E-state index in [1.165, 1.54) is 18.9 Å². The van der Waals surface area contributed by atoms with E-state index in [0.717, 1.165) is 0 Å². The van der Waals surface area contributed by atoms with E-state index >= 15 is 0 Å². The van der Waals surface area contributed by atoms with Crippen molar-refractivity contribution in [2.24, 2.45) is 0 Å². The lowest BCUT2D eigenvalue weighted by molar-refractivity contribution is -0.187.